The molecule has 0 bridgehead atoms. The van der Waals surface area contributed by atoms with Gasteiger partial charge in [0.15, 0.2) is 11.5 Å². The van der Waals surface area contributed by atoms with Crippen LogP contribution in [0.15, 0.2) is 47.1 Å². The van der Waals surface area contributed by atoms with Gasteiger partial charge in [0, 0.05) is 12.5 Å². The van der Waals surface area contributed by atoms with Crippen LogP contribution in [0.2, 0.25) is 0 Å². The van der Waals surface area contributed by atoms with E-state index in [-0.39, 0.29) is 18.2 Å². The first-order chi connectivity index (χ1) is 11.0. The van der Waals surface area contributed by atoms with E-state index < -0.39 is 17.5 Å². The summed E-state index contributed by atoms with van der Waals surface area (Å²) in [6.45, 7) is 1.64. The van der Waals surface area contributed by atoms with Crippen LogP contribution < -0.4 is 0 Å². The highest BCUT2D eigenvalue weighted by molar-refractivity contribution is 6.39. The fourth-order valence-corrected chi connectivity index (χ4v) is 1.90. The van der Waals surface area contributed by atoms with E-state index in [0.29, 0.717) is 6.42 Å². The lowest BCUT2D eigenvalue weighted by Gasteiger charge is -1.98. The molecule has 0 atom stereocenters. The Bertz CT molecular complexity index is 728. The number of furan rings is 1. The number of hydrogen-bond acceptors (Lipinski definition) is 5. The maximum absolute atomic E-state index is 12.8. The molecule has 0 saturated carbocycles. The number of ketones is 1. The fraction of sp³-hybridized carbons (Fsp3) is 0.176. The smallest absolute Gasteiger partial charge is 0.379 e. The van der Waals surface area contributed by atoms with Crippen LogP contribution in [0.25, 0.3) is 5.76 Å². The fourth-order valence-electron chi connectivity index (χ4n) is 1.90. The molecule has 0 aliphatic carbocycles. The molecule has 0 spiro atoms. The Balaban J connectivity index is 2.07. The number of rotatable bonds is 6. The first-order valence-corrected chi connectivity index (χ1v) is 6.93. The molecule has 0 saturated heterocycles. The van der Waals surface area contributed by atoms with Gasteiger partial charge in [-0.25, -0.2) is 9.18 Å². The molecule has 2 rings (SSSR count). The lowest BCUT2D eigenvalue weighted by Crippen LogP contribution is -2.15. The minimum atomic E-state index is -1.04. The van der Waals surface area contributed by atoms with Gasteiger partial charge in [-0.1, -0.05) is 12.1 Å². The Hall–Kier alpha value is -2.89. The molecule has 1 N–H and O–H groups in total. The van der Waals surface area contributed by atoms with Crippen molar-refractivity contribution in [3.63, 3.8) is 0 Å². The quantitative estimate of drug-likeness (QED) is 0.383. The van der Waals surface area contributed by atoms with Gasteiger partial charge in [-0.3, -0.25) is 4.79 Å². The van der Waals surface area contributed by atoms with Crippen molar-refractivity contribution in [3.8, 4) is 0 Å². The third kappa shape index (κ3) is 4.54. The lowest BCUT2D eigenvalue weighted by molar-refractivity contribution is -0.151. The third-order valence-corrected chi connectivity index (χ3v) is 2.97. The highest BCUT2D eigenvalue weighted by atomic mass is 19.1. The SMILES string of the molecule is CCOC(=O)C(=O)C=C(O)c1cc(Cc2ccc(F)cc2)co1. The predicted octanol–water partition coefficient (Wildman–Crippen LogP) is 3.04. The van der Waals surface area contributed by atoms with Gasteiger partial charge in [0.05, 0.1) is 12.9 Å². The first kappa shape index (κ1) is 16.5. The van der Waals surface area contributed by atoms with Crippen LogP contribution in [0.4, 0.5) is 4.39 Å². The molecule has 0 unspecified atom stereocenters. The minimum absolute atomic E-state index is 0.0553. The number of carbonyl (C=O) groups is 2. The standard InChI is InChI=1S/C17H15FO5/c1-2-22-17(21)15(20)9-14(19)16-8-12(10-23-16)7-11-3-5-13(18)6-4-11/h3-6,8-10,19H,2,7H2,1H3. The van der Waals surface area contributed by atoms with Gasteiger partial charge < -0.3 is 14.3 Å². The molecule has 0 radical (unpaired) electrons. The van der Waals surface area contributed by atoms with Crippen molar-refractivity contribution in [2.75, 3.05) is 6.61 Å². The Morgan fingerprint density at radius 2 is 1.96 bits per heavy atom. The normalized spacial score (nSPS) is 11.3. The Labute approximate surface area is 132 Å². The van der Waals surface area contributed by atoms with E-state index >= 15 is 0 Å². The zero-order valence-electron chi connectivity index (χ0n) is 12.4. The first-order valence-electron chi connectivity index (χ1n) is 6.93. The predicted molar refractivity (Wildman–Crippen MR) is 80.2 cm³/mol. The maximum Gasteiger partial charge on any atom is 0.379 e. The highest BCUT2D eigenvalue weighted by Crippen LogP contribution is 2.18. The Morgan fingerprint density at radius 1 is 1.26 bits per heavy atom. The molecular formula is C17H15FO5. The van der Waals surface area contributed by atoms with E-state index in [9.17, 15) is 19.1 Å². The number of hydrogen-bond donors (Lipinski definition) is 1. The topological polar surface area (TPSA) is 76.7 Å². The Kier molecular flexibility index (Phi) is 5.30. The van der Waals surface area contributed by atoms with Crippen molar-refractivity contribution in [3.05, 3.63) is 65.4 Å². The molecule has 2 aromatic rings. The summed E-state index contributed by atoms with van der Waals surface area (Å²) in [5, 5.41) is 9.81. The van der Waals surface area contributed by atoms with Crippen LogP contribution in [-0.2, 0) is 20.7 Å². The summed E-state index contributed by atoms with van der Waals surface area (Å²) >= 11 is 0. The van der Waals surface area contributed by atoms with Crippen LogP contribution in [0, 0.1) is 5.82 Å². The molecule has 6 heteroatoms. The van der Waals surface area contributed by atoms with Gasteiger partial charge in [0.25, 0.3) is 5.78 Å². The largest absolute Gasteiger partial charge is 0.504 e. The van der Waals surface area contributed by atoms with Crippen LogP contribution in [0.3, 0.4) is 0 Å². The van der Waals surface area contributed by atoms with E-state index in [1.54, 1.807) is 19.1 Å². The maximum atomic E-state index is 12.8. The summed E-state index contributed by atoms with van der Waals surface area (Å²) in [6.07, 6.45) is 2.64. The average Bonchev–Trinajstić information content (AvgIpc) is 2.98. The second kappa shape index (κ2) is 7.40. The van der Waals surface area contributed by atoms with Crippen LogP contribution in [0.5, 0.6) is 0 Å². The van der Waals surface area contributed by atoms with Crippen LogP contribution in [-0.4, -0.2) is 23.5 Å². The van der Waals surface area contributed by atoms with E-state index in [1.807, 2.05) is 0 Å². The third-order valence-electron chi connectivity index (χ3n) is 2.97. The lowest BCUT2D eigenvalue weighted by atomic mass is 10.1. The molecule has 0 amide bonds. The summed E-state index contributed by atoms with van der Waals surface area (Å²) in [6, 6.07) is 7.52. The number of carbonyl (C=O) groups excluding carboxylic acids is 2. The number of halogens is 1. The zero-order valence-corrected chi connectivity index (χ0v) is 12.4. The molecule has 120 valence electrons. The van der Waals surface area contributed by atoms with E-state index in [0.717, 1.165) is 17.2 Å². The van der Waals surface area contributed by atoms with Crippen LogP contribution in [0.1, 0.15) is 23.8 Å². The molecule has 1 heterocycles. The minimum Gasteiger partial charge on any atom is -0.504 e. The van der Waals surface area contributed by atoms with Gasteiger partial charge in [-0.2, -0.15) is 0 Å². The molecule has 0 aliphatic rings. The van der Waals surface area contributed by atoms with Gasteiger partial charge in [-0.15, -0.1) is 0 Å². The molecule has 1 aromatic heterocycles. The molecule has 23 heavy (non-hydrogen) atoms. The van der Waals surface area contributed by atoms with Crippen molar-refractivity contribution in [2.24, 2.45) is 0 Å². The van der Waals surface area contributed by atoms with Crippen LogP contribution >= 0.6 is 0 Å². The zero-order chi connectivity index (χ0) is 16.8. The summed E-state index contributed by atoms with van der Waals surface area (Å²) < 4.78 is 22.5. The number of ether oxygens (including phenoxy) is 1. The van der Waals surface area contributed by atoms with Gasteiger partial charge >= 0.3 is 5.97 Å². The molecule has 0 aliphatic heterocycles. The highest BCUT2D eigenvalue weighted by Gasteiger charge is 2.15. The average molecular weight is 318 g/mol. The Morgan fingerprint density at radius 3 is 2.61 bits per heavy atom. The van der Waals surface area contributed by atoms with Crippen molar-refractivity contribution in [2.45, 2.75) is 13.3 Å². The molecule has 1 aromatic carbocycles. The van der Waals surface area contributed by atoms with Gasteiger partial charge in [0.1, 0.15) is 5.82 Å². The second-order valence-corrected chi connectivity index (χ2v) is 4.74. The van der Waals surface area contributed by atoms with E-state index in [1.165, 1.54) is 24.5 Å². The van der Waals surface area contributed by atoms with Crippen molar-refractivity contribution >= 4 is 17.5 Å². The van der Waals surface area contributed by atoms with Gasteiger partial charge in [0.2, 0.25) is 0 Å². The summed E-state index contributed by atoms with van der Waals surface area (Å²) in [4.78, 5) is 22.7. The number of esters is 1. The number of benzene rings is 1. The van der Waals surface area contributed by atoms with Crippen molar-refractivity contribution < 1.29 is 28.2 Å². The summed E-state index contributed by atoms with van der Waals surface area (Å²) in [5.41, 5.74) is 1.60. The van der Waals surface area contributed by atoms with Crippen molar-refractivity contribution in [1.82, 2.24) is 0 Å². The second-order valence-electron chi connectivity index (χ2n) is 4.74. The summed E-state index contributed by atoms with van der Waals surface area (Å²) in [5.74, 6) is -2.74. The number of aliphatic hydroxyl groups is 1. The van der Waals surface area contributed by atoms with E-state index in [4.69, 9.17) is 4.42 Å². The van der Waals surface area contributed by atoms with Crippen molar-refractivity contribution in [1.29, 1.82) is 0 Å². The molecule has 0 fully saturated rings. The summed E-state index contributed by atoms with van der Waals surface area (Å²) in [7, 11) is 0. The molecular weight excluding hydrogens is 303 g/mol. The van der Waals surface area contributed by atoms with E-state index in [2.05, 4.69) is 4.74 Å². The number of aliphatic hydroxyl groups excluding tert-OH is 1. The monoisotopic (exact) mass is 318 g/mol. The van der Waals surface area contributed by atoms with Gasteiger partial charge in [-0.05, 0) is 36.2 Å². The molecule has 5 nitrogen and oxygen atoms in total.